The number of carbonyl (C=O) groups excluding carboxylic acids is 1. The van der Waals surface area contributed by atoms with Crippen molar-refractivity contribution in [3.8, 4) is 5.75 Å². The van der Waals surface area contributed by atoms with Gasteiger partial charge in [-0.15, -0.1) is 0 Å². The average Bonchev–Trinajstić information content (AvgIpc) is 2.80. The van der Waals surface area contributed by atoms with E-state index >= 15 is 0 Å². The quantitative estimate of drug-likeness (QED) is 0.487. The third-order valence-electron chi connectivity index (χ3n) is 5.44. The van der Waals surface area contributed by atoms with Gasteiger partial charge in [-0.3, -0.25) is 9.59 Å². The molecule has 152 valence electrons. The average molecular weight is 400 g/mol. The van der Waals surface area contributed by atoms with E-state index in [1.165, 1.54) is 0 Å². The first-order valence-corrected chi connectivity index (χ1v) is 10.1. The molecule has 1 atom stereocenters. The van der Waals surface area contributed by atoms with Crippen LogP contribution in [0.4, 0.5) is 0 Å². The molecular weight excluding hydrogens is 376 g/mol. The van der Waals surface area contributed by atoms with Crippen molar-refractivity contribution >= 4 is 27.7 Å². The van der Waals surface area contributed by atoms with Gasteiger partial charge in [0.1, 0.15) is 12.3 Å². The number of amides is 1. The summed E-state index contributed by atoms with van der Waals surface area (Å²) in [6, 6.07) is 22.5. The number of nitrogens with one attached hydrogen (secondary N) is 1. The summed E-state index contributed by atoms with van der Waals surface area (Å²) >= 11 is 0. The summed E-state index contributed by atoms with van der Waals surface area (Å²) in [6.45, 7) is 2.17. The first-order chi connectivity index (χ1) is 14.6. The molecule has 0 aliphatic rings. The molecule has 4 rings (SSSR count). The number of aromatic nitrogens is 1. The fraction of sp³-hybridized carbons (Fsp3) is 0.200. The van der Waals surface area contributed by atoms with Gasteiger partial charge < -0.3 is 14.6 Å². The molecule has 0 saturated carbocycles. The zero-order valence-corrected chi connectivity index (χ0v) is 17.1. The topological polar surface area (TPSA) is 60.3 Å². The number of pyridine rings is 1. The van der Waals surface area contributed by atoms with E-state index in [9.17, 15) is 9.59 Å². The normalized spacial score (nSPS) is 12.1. The molecule has 0 radical (unpaired) electrons. The van der Waals surface area contributed by atoms with Crippen molar-refractivity contribution < 1.29 is 9.53 Å². The highest BCUT2D eigenvalue weighted by molar-refractivity contribution is 5.94. The predicted molar refractivity (Wildman–Crippen MR) is 120 cm³/mol. The molecule has 4 aromatic rings. The van der Waals surface area contributed by atoms with Gasteiger partial charge >= 0.3 is 0 Å². The minimum absolute atomic E-state index is 0.0116. The molecule has 0 spiro atoms. The zero-order chi connectivity index (χ0) is 21.1. The lowest BCUT2D eigenvalue weighted by Crippen LogP contribution is -2.32. The summed E-state index contributed by atoms with van der Waals surface area (Å²) in [5, 5.41) is 4.37. The highest BCUT2D eigenvalue weighted by Gasteiger charge is 2.16. The van der Waals surface area contributed by atoms with Gasteiger partial charge in [-0.1, -0.05) is 43.3 Å². The monoisotopic (exact) mass is 400 g/mol. The summed E-state index contributed by atoms with van der Waals surface area (Å²) in [7, 11) is 1.63. The molecule has 5 nitrogen and oxygen atoms in total. The van der Waals surface area contributed by atoms with Crippen LogP contribution in [0.2, 0.25) is 0 Å². The summed E-state index contributed by atoms with van der Waals surface area (Å²) in [6.07, 6.45) is 0.768. The Morgan fingerprint density at radius 1 is 0.933 bits per heavy atom. The van der Waals surface area contributed by atoms with E-state index < -0.39 is 0 Å². The van der Waals surface area contributed by atoms with Crippen molar-refractivity contribution in [3.63, 3.8) is 0 Å². The summed E-state index contributed by atoms with van der Waals surface area (Å²) in [5.74, 6) is 0.683. The smallest absolute Gasteiger partial charge is 0.240 e. The predicted octanol–water partition coefficient (Wildman–Crippen LogP) is 4.43. The maximum absolute atomic E-state index is 13.0. The number of benzene rings is 3. The number of fused-ring (bicyclic) bond motifs is 2. The molecule has 3 aromatic carbocycles. The van der Waals surface area contributed by atoms with Gasteiger partial charge in [-0.05, 0) is 48.4 Å². The molecule has 0 saturated heterocycles. The Morgan fingerprint density at radius 3 is 2.03 bits per heavy atom. The van der Waals surface area contributed by atoms with Crippen LogP contribution >= 0.6 is 0 Å². The van der Waals surface area contributed by atoms with Crippen molar-refractivity contribution in [1.29, 1.82) is 0 Å². The van der Waals surface area contributed by atoms with E-state index in [-0.39, 0.29) is 23.9 Å². The molecule has 0 aliphatic heterocycles. The zero-order valence-electron chi connectivity index (χ0n) is 17.1. The van der Waals surface area contributed by atoms with Crippen LogP contribution in [0.25, 0.3) is 21.8 Å². The molecule has 1 amide bonds. The van der Waals surface area contributed by atoms with E-state index in [0.717, 1.165) is 28.8 Å². The Balaban J connectivity index is 1.68. The molecular formula is C25H24N2O3. The standard InChI is InChI=1S/C25H24N2O3/c1-3-21(17-12-14-18(30-2)15-13-17)26-24(28)16-27-22-10-6-4-8-19(22)25(29)20-9-5-7-11-23(20)27/h4-15,21H,3,16H2,1-2H3,(H,26,28)/t21-/m0/s1. The van der Waals surface area contributed by atoms with Crippen molar-refractivity contribution in [2.24, 2.45) is 0 Å². The van der Waals surface area contributed by atoms with Gasteiger partial charge in [-0.2, -0.15) is 0 Å². The van der Waals surface area contributed by atoms with Crippen LogP contribution < -0.4 is 15.5 Å². The van der Waals surface area contributed by atoms with Crippen LogP contribution in [0.5, 0.6) is 5.75 Å². The third-order valence-corrected chi connectivity index (χ3v) is 5.44. The Kier molecular flexibility index (Phi) is 5.53. The maximum Gasteiger partial charge on any atom is 0.240 e. The van der Waals surface area contributed by atoms with Crippen molar-refractivity contribution in [2.45, 2.75) is 25.9 Å². The van der Waals surface area contributed by atoms with E-state index in [4.69, 9.17) is 4.74 Å². The number of carbonyl (C=O) groups is 1. The molecule has 1 aromatic heterocycles. The van der Waals surface area contributed by atoms with E-state index in [2.05, 4.69) is 5.32 Å². The second-order valence-corrected chi connectivity index (χ2v) is 7.25. The molecule has 0 bridgehead atoms. The van der Waals surface area contributed by atoms with E-state index in [1.54, 1.807) is 7.11 Å². The lowest BCUT2D eigenvalue weighted by Gasteiger charge is -2.20. The summed E-state index contributed by atoms with van der Waals surface area (Å²) in [4.78, 5) is 25.9. The number of nitrogens with zero attached hydrogens (tertiary/aromatic N) is 1. The Hall–Kier alpha value is -3.60. The van der Waals surface area contributed by atoms with Crippen LogP contribution in [0, 0.1) is 0 Å². The number of methoxy groups -OCH3 is 1. The Morgan fingerprint density at radius 2 is 1.50 bits per heavy atom. The highest BCUT2D eigenvalue weighted by Crippen LogP contribution is 2.22. The molecule has 5 heteroatoms. The van der Waals surface area contributed by atoms with Crippen molar-refractivity contribution in [3.05, 3.63) is 88.6 Å². The first-order valence-electron chi connectivity index (χ1n) is 10.1. The first kappa shape index (κ1) is 19.7. The van der Waals surface area contributed by atoms with Crippen LogP contribution in [0.1, 0.15) is 24.9 Å². The van der Waals surface area contributed by atoms with Crippen molar-refractivity contribution in [1.82, 2.24) is 9.88 Å². The molecule has 30 heavy (non-hydrogen) atoms. The van der Waals surface area contributed by atoms with E-state index in [0.29, 0.717) is 10.8 Å². The lowest BCUT2D eigenvalue weighted by atomic mass is 10.0. The summed E-state index contributed by atoms with van der Waals surface area (Å²) < 4.78 is 7.14. The fourth-order valence-electron chi connectivity index (χ4n) is 3.89. The molecule has 0 aliphatic carbocycles. The van der Waals surface area contributed by atoms with Gasteiger partial charge in [-0.25, -0.2) is 0 Å². The Labute approximate surface area is 174 Å². The highest BCUT2D eigenvalue weighted by atomic mass is 16.5. The van der Waals surface area contributed by atoms with Crippen LogP contribution in [0.15, 0.2) is 77.6 Å². The fourth-order valence-corrected chi connectivity index (χ4v) is 3.89. The van der Waals surface area contributed by atoms with E-state index in [1.807, 2.05) is 84.3 Å². The summed E-state index contributed by atoms with van der Waals surface area (Å²) in [5.41, 5.74) is 2.53. The maximum atomic E-state index is 13.0. The van der Waals surface area contributed by atoms with Crippen LogP contribution in [-0.2, 0) is 11.3 Å². The van der Waals surface area contributed by atoms with Crippen LogP contribution in [0.3, 0.4) is 0 Å². The SMILES string of the molecule is CC[C@H](NC(=O)Cn1c2ccccc2c(=O)c2ccccc21)c1ccc(OC)cc1. The number of hydrogen-bond acceptors (Lipinski definition) is 3. The minimum Gasteiger partial charge on any atom is -0.497 e. The molecule has 0 unspecified atom stereocenters. The Bertz CT molecular complexity index is 1200. The molecule has 1 N–H and O–H groups in total. The molecule has 0 fully saturated rings. The molecule has 1 heterocycles. The van der Waals surface area contributed by atoms with Crippen LogP contribution in [-0.4, -0.2) is 17.6 Å². The van der Waals surface area contributed by atoms with Gasteiger partial charge in [0.2, 0.25) is 5.91 Å². The lowest BCUT2D eigenvalue weighted by molar-refractivity contribution is -0.122. The number of hydrogen-bond donors (Lipinski definition) is 1. The van der Waals surface area contributed by atoms with Gasteiger partial charge in [0.25, 0.3) is 0 Å². The van der Waals surface area contributed by atoms with Gasteiger partial charge in [0.05, 0.1) is 24.2 Å². The second kappa shape index (κ2) is 8.41. The third kappa shape index (κ3) is 3.66. The minimum atomic E-state index is -0.100. The number of ether oxygens (including phenoxy) is 1. The largest absolute Gasteiger partial charge is 0.497 e. The van der Waals surface area contributed by atoms with Gasteiger partial charge in [0.15, 0.2) is 5.43 Å². The van der Waals surface area contributed by atoms with Gasteiger partial charge in [0, 0.05) is 10.8 Å². The number of rotatable bonds is 6. The van der Waals surface area contributed by atoms with Crippen molar-refractivity contribution in [2.75, 3.05) is 7.11 Å². The number of para-hydroxylation sites is 2. The second-order valence-electron chi connectivity index (χ2n) is 7.25.